The van der Waals surface area contributed by atoms with Crippen LogP contribution in [0.1, 0.15) is 31.4 Å². The number of anilines is 2. The molecule has 5 rings (SSSR count). The Kier molecular flexibility index (Phi) is 7.12. The van der Waals surface area contributed by atoms with E-state index in [2.05, 4.69) is 10.2 Å². The third-order valence-electron chi connectivity index (χ3n) is 6.98. The molecular weight excluding hydrogens is 492 g/mol. The second-order valence-corrected chi connectivity index (χ2v) is 11.7. The van der Waals surface area contributed by atoms with E-state index in [1.54, 1.807) is 36.4 Å². The molecule has 3 aromatic rings. The fourth-order valence-electron chi connectivity index (χ4n) is 4.96. The quantitative estimate of drug-likeness (QED) is 0.507. The minimum absolute atomic E-state index is 0.448. The van der Waals surface area contributed by atoms with Crippen molar-refractivity contribution in [3.8, 4) is 17.1 Å². The number of carbonyl (C=O) groups excluding carboxylic acids is 1. The van der Waals surface area contributed by atoms with Gasteiger partial charge in [-0.3, -0.25) is 5.32 Å². The lowest BCUT2D eigenvalue weighted by molar-refractivity contribution is 0.122. The van der Waals surface area contributed by atoms with Gasteiger partial charge in [-0.15, -0.1) is 0 Å². The van der Waals surface area contributed by atoms with Crippen LogP contribution < -0.4 is 15.0 Å². The summed E-state index contributed by atoms with van der Waals surface area (Å²) in [5.41, 5.74) is 1.82. The molecule has 0 bridgehead atoms. The van der Waals surface area contributed by atoms with Gasteiger partial charge < -0.3 is 14.4 Å². The van der Waals surface area contributed by atoms with Gasteiger partial charge in [-0.25, -0.2) is 23.2 Å². The van der Waals surface area contributed by atoms with Crippen LogP contribution in [0.25, 0.3) is 11.4 Å². The van der Waals surface area contributed by atoms with Gasteiger partial charge in [0.1, 0.15) is 16.3 Å². The lowest BCUT2D eigenvalue weighted by Gasteiger charge is -2.31. The van der Waals surface area contributed by atoms with Crippen molar-refractivity contribution >= 4 is 27.4 Å². The zero-order valence-corrected chi connectivity index (χ0v) is 21.5. The number of amides is 1. The first-order valence-electron chi connectivity index (χ1n) is 12.4. The highest BCUT2D eigenvalue weighted by Crippen LogP contribution is 2.45. The van der Waals surface area contributed by atoms with Gasteiger partial charge in [0.2, 0.25) is 0 Å². The Labute approximate surface area is 216 Å². The van der Waals surface area contributed by atoms with E-state index in [1.807, 2.05) is 24.3 Å². The van der Waals surface area contributed by atoms with Crippen molar-refractivity contribution in [2.24, 2.45) is 0 Å². The third-order valence-corrected chi connectivity index (χ3v) is 9.02. The minimum Gasteiger partial charge on any atom is -0.410 e. The second-order valence-electron chi connectivity index (χ2n) is 9.41. The number of nitrogens with one attached hydrogen (secondary N) is 1. The molecule has 1 saturated heterocycles. The van der Waals surface area contributed by atoms with Crippen LogP contribution in [0.15, 0.2) is 60.7 Å². The summed E-state index contributed by atoms with van der Waals surface area (Å²) >= 11 is 0. The maximum Gasteiger partial charge on any atom is 0.417 e. The molecule has 9 nitrogen and oxygen atoms in total. The number of rotatable bonds is 6. The molecule has 1 N–H and O–H groups in total. The van der Waals surface area contributed by atoms with Crippen LogP contribution in [0.4, 0.5) is 16.3 Å². The maximum absolute atomic E-state index is 13.0. The standard InChI is InChI=1S/C27H30N4O5S/c1-37(33,34)27(13-5-6-14-27)23-19-24(31-15-17-35-18-16-31)30-25(29-23)20-9-11-21(12-10-20)28-26(32)36-22-7-3-2-4-8-22/h2-4,7-12,19H,5-6,13-18H2,1H3,(H,28,32). The lowest BCUT2D eigenvalue weighted by Crippen LogP contribution is -2.38. The minimum atomic E-state index is -3.40. The fraction of sp³-hybridized carbons (Fsp3) is 0.370. The monoisotopic (exact) mass is 522 g/mol. The number of carbonyl (C=O) groups is 1. The van der Waals surface area contributed by atoms with Crippen molar-refractivity contribution < 1.29 is 22.7 Å². The van der Waals surface area contributed by atoms with E-state index in [1.165, 1.54) is 6.26 Å². The van der Waals surface area contributed by atoms with Gasteiger partial charge in [0.25, 0.3) is 0 Å². The Morgan fingerprint density at radius 2 is 1.68 bits per heavy atom. The van der Waals surface area contributed by atoms with E-state index in [0.717, 1.165) is 18.4 Å². The molecule has 0 radical (unpaired) electrons. The van der Waals surface area contributed by atoms with E-state index in [9.17, 15) is 13.2 Å². The highest BCUT2D eigenvalue weighted by Gasteiger charge is 2.46. The Hall–Kier alpha value is -3.50. The predicted octanol–water partition coefficient (Wildman–Crippen LogP) is 4.41. The van der Waals surface area contributed by atoms with E-state index in [-0.39, 0.29) is 0 Å². The molecule has 0 spiro atoms. The molecule has 2 aromatic carbocycles. The SMILES string of the molecule is CS(=O)(=O)C1(c2cc(N3CCOCC3)nc(-c3ccc(NC(=O)Oc4ccccc4)cc3)n2)CCCC1. The summed E-state index contributed by atoms with van der Waals surface area (Å²) in [5.74, 6) is 1.60. The molecule has 0 atom stereocenters. The molecule has 1 saturated carbocycles. The van der Waals surface area contributed by atoms with Crippen molar-refractivity contribution in [3.05, 3.63) is 66.4 Å². The van der Waals surface area contributed by atoms with Gasteiger partial charge in [0.05, 0.1) is 18.9 Å². The molecule has 2 heterocycles. The topological polar surface area (TPSA) is 111 Å². The molecule has 194 valence electrons. The number of morpholine rings is 1. The van der Waals surface area contributed by atoms with E-state index < -0.39 is 20.7 Å². The first-order valence-corrected chi connectivity index (χ1v) is 14.3. The second kappa shape index (κ2) is 10.5. The number of nitrogens with zero attached hydrogens (tertiary/aromatic N) is 3. The van der Waals surface area contributed by atoms with Crippen LogP contribution >= 0.6 is 0 Å². The normalized spacial score (nSPS) is 17.4. The molecular formula is C27H30N4O5S. The molecule has 10 heteroatoms. The van der Waals surface area contributed by atoms with Gasteiger partial charge in [0.15, 0.2) is 15.7 Å². The summed E-state index contributed by atoms with van der Waals surface area (Å²) in [6, 6.07) is 17.8. The molecule has 1 aromatic heterocycles. The summed E-state index contributed by atoms with van der Waals surface area (Å²) in [4.78, 5) is 24.0. The summed E-state index contributed by atoms with van der Waals surface area (Å²) in [6.45, 7) is 2.53. The Morgan fingerprint density at radius 3 is 2.32 bits per heavy atom. The highest BCUT2D eigenvalue weighted by molar-refractivity contribution is 7.91. The van der Waals surface area contributed by atoms with Crippen LogP contribution in [0.3, 0.4) is 0 Å². The number of ether oxygens (including phenoxy) is 2. The molecule has 1 aliphatic heterocycles. The average Bonchev–Trinajstić information content (AvgIpc) is 3.42. The van der Waals surface area contributed by atoms with Gasteiger partial charge in [-0.2, -0.15) is 0 Å². The van der Waals surface area contributed by atoms with E-state index >= 15 is 0 Å². The number of sulfone groups is 1. The molecule has 1 amide bonds. The van der Waals surface area contributed by atoms with E-state index in [0.29, 0.717) is 67.9 Å². The number of hydrogen-bond donors (Lipinski definition) is 1. The van der Waals surface area contributed by atoms with Crippen molar-refractivity contribution in [2.75, 3.05) is 42.8 Å². The van der Waals surface area contributed by atoms with Gasteiger partial charge >= 0.3 is 6.09 Å². The maximum atomic E-state index is 13.0. The molecule has 2 fully saturated rings. The Bertz CT molecular complexity index is 1350. The first kappa shape index (κ1) is 25.2. The first-order chi connectivity index (χ1) is 17.8. The van der Waals surface area contributed by atoms with Crippen LogP contribution in [-0.2, 0) is 19.3 Å². The number of aromatic nitrogens is 2. The van der Waals surface area contributed by atoms with Crippen LogP contribution in [0.2, 0.25) is 0 Å². The highest BCUT2D eigenvalue weighted by atomic mass is 32.2. The number of benzene rings is 2. The number of para-hydroxylation sites is 1. The smallest absolute Gasteiger partial charge is 0.410 e. The number of hydrogen-bond acceptors (Lipinski definition) is 8. The van der Waals surface area contributed by atoms with Crippen molar-refractivity contribution in [1.29, 1.82) is 0 Å². The Morgan fingerprint density at radius 1 is 1.00 bits per heavy atom. The van der Waals surface area contributed by atoms with Crippen LogP contribution in [0.5, 0.6) is 5.75 Å². The van der Waals surface area contributed by atoms with E-state index in [4.69, 9.17) is 19.4 Å². The average molecular weight is 523 g/mol. The fourth-order valence-corrected chi connectivity index (χ4v) is 6.47. The van der Waals surface area contributed by atoms with Crippen molar-refractivity contribution in [1.82, 2.24) is 9.97 Å². The molecule has 0 unspecified atom stereocenters. The van der Waals surface area contributed by atoms with Crippen molar-refractivity contribution in [2.45, 2.75) is 30.4 Å². The lowest BCUT2D eigenvalue weighted by atomic mass is 10.0. The summed E-state index contributed by atoms with van der Waals surface area (Å²) < 4.78 is 35.8. The largest absolute Gasteiger partial charge is 0.417 e. The zero-order chi connectivity index (χ0) is 25.9. The Balaban J connectivity index is 1.45. The summed E-state index contributed by atoms with van der Waals surface area (Å²) in [7, 11) is -3.40. The van der Waals surface area contributed by atoms with Crippen LogP contribution in [-0.4, -0.2) is 57.0 Å². The predicted molar refractivity (Wildman–Crippen MR) is 142 cm³/mol. The molecule has 37 heavy (non-hydrogen) atoms. The molecule has 1 aliphatic carbocycles. The molecule has 2 aliphatic rings. The van der Waals surface area contributed by atoms with Gasteiger partial charge in [-0.05, 0) is 49.2 Å². The third kappa shape index (κ3) is 5.45. The van der Waals surface area contributed by atoms with Crippen LogP contribution in [0, 0.1) is 0 Å². The van der Waals surface area contributed by atoms with Crippen molar-refractivity contribution in [3.63, 3.8) is 0 Å². The van der Waals surface area contributed by atoms with Gasteiger partial charge in [-0.1, -0.05) is 31.0 Å². The zero-order valence-electron chi connectivity index (χ0n) is 20.7. The summed E-state index contributed by atoms with van der Waals surface area (Å²) in [5, 5.41) is 2.71. The summed E-state index contributed by atoms with van der Waals surface area (Å²) in [6.07, 6.45) is 3.51. The van der Waals surface area contributed by atoms with Gasteiger partial charge in [0, 0.05) is 36.7 Å².